The van der Waals surface area contributed by atoms with E-state index in [2.05, 4.69) is 9.82 Å². The lowest BCUT2D eigenvalue weighted by Crippen LogP contribution is -2.25. The monoisotopic (exact) mass is 315 g/mol. The SMILES string of the molecule is Cn1cc(CCNS(=O)(=O)c2ccc(CCO)s2)cn1. The fourth-order valence-corrected chi connectivity index (χ4v) is 4.17. The van der Waals surface area contributed by atoms with E-state index in [4.69, 9.17) is 5.11 Å². The van der Waals surface area contributed by atoms with Gasteiger partial charge < -0.3 is 5.11 Å². The average Bonchev–Trinajstić information content (AvgIpc) is 2.99. The van der Waals surface area contributed by atoms with Crippen LogP contribution < -0.4 is 4.72 Å². The highest BCUT2D eigenvalue weighted by molar-refractivity contribution is 7.91. The van der Waals surface area contributed by atoms with Crippen molar-refractivity contribution in [3.63, 3.8) is 0 Å². The molecule has 0 saturated carbocycles. The standard InChI is InChI=1S/C12H17N3O3S2/c1-15-9-10(8-13-15)4-6-14-20(17,18)12-3-2-11(19-12)5-7-16/h2-3,8-9,14,16H,4-7H2,1H3. The molecule has 0 bridgehead atoms. The first kappa shape index (κ1) is 15.2. The number of hydrogen-bond donors (Lipinski definition) is 2. The van der Waals surface area contributed by atoms with Crippen LogP contribution in [0.2, 0.25) is 0 Å². The number of nitrogens with one attached hydrogen (secondary N) is 1. The van der Waals surface area contributed by atoms with Crippen molar-refractivity contribution >= 4 is 21.4 Å². The summed E-state index contributed by atoms with van der Waals surface area (Å²) in [6.07, 6.45) is 4.66. The van der Waals surface area contributed by atoms with E-state index in [9.17, 15) is 8.42 Å². The smallest absolute Gasteiger partial charge is 0.250 e. The van der Waals surface area contributed by atoms with Gasteiger partial charge in [0.15, 0.2) is 0 Å². The van der Waals surface area contributed by atoms with Crippen molar-refractivity contribution in [3.05, 3.63) is 35.0 Å². The van der Waals surface area contributed by atoms with Gasteiger partial charge in [0.25, 0.3) is 0 Å². The second-order valence-electron chi connectivity index (χ2n) is 4.36. The van der Waals surface area contributed by atoms with Crippen LogP contribution in [0, 0.1) is 0 Å². The highest BCUT2D eigenvalue weighted by Gasteiger charge is 2.16. The third-order valence-electron chi connectivity index (χ3n) is 2.72. The highest BCUT2D eigenvalue weighted by Crippen LogP contribution is 2.21. The van der Waals surface area contributed by atoms with Crippen LogP contribution in [0.15, 0.2) is 28.7 Å². The molecule has 0 unspecified atom stereocenters. The summed E-state index contributed by atoms with van der Waals surface area (Å²) in [4.78, 5) is 0.861. The van der Waals surface area contributed by atoms with Crippen LogP contribution in [-0.4, -0.2) is 36.5 Å². The molecule has 0 atom stereocenters. The van der Waals surface area contributed by atoms with Crippen molar-refractivity contribution in [2.24, 2.45) is 7.05 Å². The van der Waals surface area contributed by atoms with Crippen molar-refractivity contribution in [3.8, 4) is 0 Å². The van der Waals surface area contributed by atoms with Gasteiger partial charge >= 0.3 is 0 Å². The van der Waals surface area contributed by atoms with E-state index >= 15 is 0 Å². The van der Waals surface area contributed by atoms with Crippen LogP contribution in [0.4, 0.5) is 0 Å². The Balaban J connectivity index is 1.92. The van der Waals surface area contributed by atoms with Crippen LogP contribution in [0.1, 0.15) is 10.4 Å². The molecule has 2 aromatic rings. The molecule has 0 saturated heterocycles. The van der Waals surface area contributed by atoms with Gasteiger partial charge in [0, 0.05) is 37.7 Å². The molecule has 0 fully saturated rings. The van der Waals surface area contributed by atoms with E-state index in [-0.39, 0.29) is 10.8 Å². The number of aliphatic hydroxyl groups excluding tert-OH is 1. The third-order valence-corrected chi connectivity index (χ3v) is 5.82. The maximum Gasteiger partial charge on any atom is 0.250 e. The predicted octanol–water partition coefficient (Wildman–Crippen LogP) is 0.537. The molecule has 2 heterocycles. The highest BCUT2D eigenvalue weighted by atomic mass is 32.2. The fourth-order valence-electron chi connectivity index (χ4n) is 1.75. The molecule has 110 valence electrons. The van der Waals surface area contributed by atoms with Gasteiger partial charge in [-0.05, 0) is 24.1 Å². The number of aliphatic hydroxyl groups is 1. The first-order valence-corrected chi connectivity index (χ1v) is 8.48. The Morgan fingerprint density at radius 2 is 2.20 bits per heavy atom. The quantitative estimate of drug-likeness (QED) is 0.781. The lowest BCUT2D eigenvalue weighted by Gasteiger charge is -2.03. The number of rotatable bonds is 7. The molecule has 2 N–H and O–H groups in total. The minimum absolute atomic E-state index is 0.0223. The van der Waals surface area contributed by atoms with Crippen LogP contribution in [0.5, 0.6) is 0 Å². The Hall–Kier alpha value is -1.22. The van der Waals surface area contributed by atoms with E-state index in [0.717, 1.165) is 10.4 Å². The summed E-state index contributed by atoms with van der Waals surface area (Å²) in [5.41, 5.74) is 0.988. The Labute approximate surface area is 122 Å². The van der Waals surface area contributed by atoms with Crippen molar-refractivity contribution in [2.75, 3.05) is 13.2 Å². The fraction of sp³-hybridized carbons (Fsp3) is 0.417. The normalized spacial score (nSPS) is 11.9. The molecule has 0 aliphatic carbocycles. The molecular formula is C12H17N3O3S2. The van der Waals surface area contributed by atoms with Gasteiger partial charge in [-0.3, -0.25) is 4.68 Å². The van der Waals surface area contributed by atoms with E-state index in [1.54, 1.807) is 23.0 Å². The molecular weight excluding hydrogens is 298 g/mol. The minimum Gasteiger partial charge on any atom is -0.396 e. The summed E-state index contributed by atoms with van der Waals surface area (Å²) in [7, 11) is -1.64. The predicted molar refractivity (Wildman–Crippen MR) is 77.2 cm³/mol. The molecule has 0 radical (unpaired) electrons. The van der Waals surface area contributed by atoms with Crippen molar-refractivity contribution in [1.29, 1.82) is 0 Å². The zero-order valence-corrected chi connectivity index (χ0v) is 12.7. The van der Waals surface area contributed by atoms with E-state index in [1.807, 2.05) is 13.2 Å². The maximum absolute atomic E-state index is 12.1. The first-order chi connectivity index (χ1) is 9.51. The van der Waals surface area contributed by atoms with Crippen LogP contribution >= 0.6 is 11.3 Å². The number of nitrogens with zero attached hydrogens (tertiary/aromatic N) is 2. The zero-order chi connectivity index (χ0) is 14.6. The minimum atomic E-state index is -3.46. The van der Waals surface area contributed by atoms with Crippen molar-refractivity contribution < 1.29 is 13.5 Å². The number of hydrogen-bond acceptors (Lipinski definition) is 5. The van der Waals surface area contributed by atoms with Crippen LogP contribution in [0.25, 0.3) is 0 Å². The Kier molecular flexibility index (Phi) is 4.92. The molecule has 0 aliphatic rings. The summed E-state index contributed by atoms with van der Waals surface area (Å²) >= 11 is 1.19. The Bertz CT molecular complexity index is 661. The van der Waals surface area contributed by atoms with Crippen molar-refractivity contribution in [1.82, 2.24) is 14.5 Å². The molecule has 6 nitrogen and oxygen atoms in total. The summed E-state index contributed by atoms with van der Waals surface area (Å²) in [6, 6.07) is 3.30. The molecule has 0 spiro atoms. The van der Waals surface area contributed by atoms with Gasteiger partial charge in [0.05, 0.1) is 6.20 Å². The summed E-state index contributed by atoms with van der Waals surface area (Å²) < 4.78 is 28.7. The molecule has 8 heteroatoms. The molecule has 2 aromatic heterocycles. The summed E-state index contributed by atoms with van der Waals surface area (Å²) in [6.45, 7) is 0.357. The lowest BCUT2D eigenvalue weighted by atomic mass is 10.3. The van der Waals surface area contributed by atoms with Crippen molar-refractivity contribution in [2.45, 2.75) is 17.1 Å². The topological polar surface area (TPSA) is 84.2 Å². The second kappa shape index (κ2) is 6.49. The van der Waals surface area contributed by atoms with E-state index in [1.165, 1.54) is 11.3 Å². The van der Waals surface area contributed by atoms with Gasteiger partial charge in [-0.25, -0.2) is 13.1 Å². The number of sulfonamides is 1. The van der Waals surface area contributed by atoms with Gasteiger partial charge in [0.2, 0.25) is 10.0 Å². The van der Waals surface area contributed by atoms with Crippen LogP contribution in [-0.2, 0) is 29.9 Å². The first-order valence-electron chi connectivity index (χ1n) is 6.18. The van der Waals surface area contributed by atoms with E-state index < -0.39 is 10.0 Å². The van der Waals surface area contributed by atoms with Gasteiger partial charge in [0.1, 0.15) is 4.21 Å². The second-order valence-corrected chi connectivity index (χ2v) is 7.53. The molecule has 0 amide bonds. The third kappa shape index (κ3) is 3.89. The molecule has 0 aromatic carbocycles. The largest absolute Gasteiger partial charge is 0.396 e. The molecule has 0 aliphatic heterocycles. The van der Waals surface area contributed by atoms with E-state index in [0.29, 0.717) is 19.4 Å². The van der Waals surface area contributed by atoms with Gasteiger partial charge in [-0.2, -0.15) is 5.10 Å². The number of aryl methyl sites for hydroxylation is 1. The Morgan fingerprint density at radius 3 is 2.85 bits per heavy atom. The molecule has 20 heavy (non-hydrogen) atoms. The van der Waals surface area contributed by atoms with Gasteiger partial charge in [-0.1, -0.05) is 0 Å². The summed E-state index contributed by atoms with van der Waals surface area (Å²) in [5.74, 6) is 0. The zero-order valence-electron chi connectivity index (χ0n) is 11.1. The molecule has 2 rings (SSSR count). The number of aromatic nitrogens is 2. The van der Waals surface area contributed by atoms with Gasteiger partial charge in [-0.15, -0.1) is 11.3 Å². The average molecular weight is 315 g/mol. The maximum atomic E-state index is 12.1. The summed E-state index contributed by atoms with van der Waals surface area (Å²) in [5, 5.41) is 12.9. The number of thiophene rings is 1. The lowest BCUT2D eigenvalue weighted by molar-refractivity contribution is 0.300. The Morgan fingerprint density at radius 1 is 1.40 bits per heavy atom. The van der Waals surface area contributed by atoms with Crippen LogP contribution in [0.3, 0.4) is 0 Å².